The molecule has 8 nitrogen and oxygen atoms in total. The van der Waals surface area contributed by atoms with Gasteiger partial charge in [0.05, 0.1) is 5.69 Å². The Labute approximate surface area is 151 Å². The van der Waals surface area contributed by atoms with E-state index in [4.69, 9.17) is 9.15 Å². The van der Waals surface area contributed by atoms with Crippen molar-refractivity contribution in [3.63, 3.8) is 0 Å². The number of H-pyrrole nitrogens is 1. The third-order valence-corrected chi connectivity index (χ3v) is 5.33. The van der Waals surface area contributed by atoms with Gasteiger partial charge in [0.25, 0.3) is 11.6 Å². The second-order valence-electron chi connectivity index (χ2n) is 5.92. The predicted octanol–water partition coefficient (Wildman–Crippen LogP) is 2.27. The molecule has 0 spiro atoms. The Kier molecular flexibility index (Phi) is 3.87. The molecule has 0 aliphatic heterocycles. The maximum Gasteiger partial charge on any atom is 0.337 e. The number of nitrogens with zero attached hydrogens (tertiary/aromatic N) is 3. The maximum absolute atomic E-state index is 12.3. The molecule has 9 heteroatoms. The molecule has 0 fully saturated rings. The molecule has 0 saturated heterocycles. The fourth-order valence-corrected chi connectivity index (χ4v) is 3.97. The number of aryl methyl sites for hydroxylation is 3. The van der Waals surface area contributed by atoms with E-state index in [-0.39, 0.29) is 29.3 Å². The second-order valence-corrected chi connectivity index (χ2v) is 7.04. The Bertz CT molecular complexity index is 1210. The fourth-order valence-electron chi connectivity index (χ4n) is 2.94. The largest absolute Gasteiger partial charge is 0.459 e. The van der Waals surface area contributed by atoms with Gasteiger partial charge in [-0.15, -0.1) is 11.3 Å². The minimum atomic E-state index is -0.536. The Hall–Kier alpha value is -2.94. The van der Waals surface area contributed by atoms with Crippen LogP contribution >= 0.6 is 11.3 Å². The molecule has 4 aromatic rings. The molecule has 0 radical (unpaired) electrons. The van der Waals surface area contributed by atoms with E-state index in [0.29, 0.717) is 12.0 Å². The summed E-state index contributed by atoms with van der Waals surface area (Å²) in [5, 5.41) is 5.72. The smallest absolute Gasteiger partial charge is 0.337 e. The summed E-state index contributed by atoms with van der Waals surface area (Å²) < 4.78 is 12.5. The molecule has 0 atom stereocenters. The highest BCUT2D eigenvalue weighted by molar-refractivity contribution is 7.18. The van der Waals surface area contributed by atoms with Crippen LogP contribution in [0.25, 0.3) is 21.3 Å². The lowest BCUT2D eigenvalue weighted by molar-refractivity contribution is 0.283. The summed E-state index contributed by atoms with van der Waals surface area (Å²) in [6.07, 6.45) is 0.530. The van der Waals surface area contributed by atoms with Crippen molar-refractivity contribution in [1.82, 2.24) is 19.7 Å². The Morgan fingerprint density at radius 3 is 2.88 bits per heavy atom. The summed E-state index contributed by atoms with van der Waals surface area (Å²) >= 11 is 1.56. The van der Waals surface area contributed by atoms with Gasteiger partial charge in [-0.25, -0.2) is 4.79 Å². The van der Waals surface area contributed by atoms with Crippen molar-refractivity contribution in [2.45, 2.75) is 26.9 Å². The van der Waals surface area contributed by atoms with Gasteiger partial charge in [-0.2, -0.15) is 10.1 Å². The SMILES string of the molecule is CCc1cc(=O)oc2nc(OCc3cc4c(C)nn(C)c4s3)[nH]c(=O)c12. The number of aromatic nitrogens is 4. The third kappa shape index (κ3) is 2.70. The number of aromatic amines is 1. The van der Waals surface area contributed by atoms with Crippen LogP contribution in [-0.2, 0) is 20.1 Å². The summed E-state index contributed by atoms with van der Waals surface area (Å²) in [5.41, 5.74) is 0.623. The first-order valence-corrected chi connectivity index (χ1v) is 8.89. The number of hydrogen-bond donors (Lipinski definition) is 1. The molecule has 134 valence electrons. The molecule has 0 aromatic carbocycles. The number of hydrogen-bond acceptors (Lipinski definition) is 7. The van der Waals surface area contributed by atoms with Crippen LogP contribution in [0.4, 0.5) is 0 Å². The Morgan fingerprint density at radius 2 is 2.15 bits per heavy atom. The van der Waals surface area contributed by atoms with Crippen LogP contribution in [0.3, 0.4) is 0 Å². The van der Waals surface area contributed by atoms with Crippen LogP contribution in [0.1, 0.15) is 23.1 Å². The number of fused-ring (bicyclic) bond motifs is 2. The number of nitrogens with one attached hydrogen (secondary N) is 1. The van der Waals surface area contributed by atoms with Gasteiger partial charge in [0.1, 0.15) is 16.8 Å². The van der Waals surface area contributed by atoms with Crippen LogP contribution in [0.15, 0.2) is 26.1 Å². The molecule has 26 heavy (non-hydrogen) atoms. The first-order valence-electron chi connectivity index (χ1n) is 8.08. The highest BCUT2D eigenvalue weighted by atomic mass is 32.1. The van der Waals surface area contributed by atoms with Crippen molar-refractivity contribution in [2.75, 3.05) is 0 Å². The van der Waals surface area contributed by atoms with E-state index in [1.165, 1.54) is 6.07 Å². The van der Waals surface area contributed by atoms with Crippen LogP contribution in [0.2, 0.25) is 0 Å². The van der Waals surface area contributed by atoms with Crippen molar-refractivity contribution in [1.29, 1.82) is 0 Å². The summed E-state index contributed by atoms with van der Waals surface area (Å²) in [5.74, 6) is 0. The lowest BCUT2D eigenvalue weighted by atomic mass is 10.1. The van der Waals surface area contributed by atoms with Gasteiger partial charge < -0.3 is 9.15 Å². The summed E-state index contributed by atoms with van der Waals surface area (Å²) in [4.78, 5) is 32.7. The van der Waals surface area contributed by atoms with Crippen LogP contribution in [-0.4, -0.2) is 19.7 Å². The van der Waals surface area contributed by atoms with E-state index in [1.807, 2.05) is 31.6 Å². The Morgan fingerprint density at radius 1 is 1.35 bits per heavy atom. The molecular weight excluding hydrogens is 356 g/mol. The first kappa shape index (κ1) is 16.5. The molecule has 0 aliphatic rings. The first-order chi connectivity index (χ1) is 12.5. The van der Waals surface area contributed by atoms with Crippen molar-refractivity contribution >= 4 is 32.7 Å². The number of thiophene rings is 1. The standard InChI is InChI=1S/C17H16N4O4S/c1-4-9-5-12(22)25-15-13(9)14(23)18-17(19-15)24-7-10-6-11-8(2)20-21(3)16(11)26-10/h5-6H,4,7H2,1-3H3,(H,18,19,23). The molecule has 1 N–H and O–H groups in total. The molecular formula is C17H16N4O4S. The van der Waals surface area contributed by atoms with Crippen LogP contribution in [0.5, 0.6) is 6.01 Å². The highest BCUT2D eigenvalue weighted by Gasteiger charge is 2.14. The molecule has 0 bridgehead atoms. The van der Waals surface area contributed by atoms with E-state index < -0.39 is 5.63 Å². The minimum Gasteiger partial charge on any atom is -0.459 e. The van der Waals surface area contributed by atoms with Crippen molar-refractivity contribution < 1.29 is 9.15 Å². The molecule has 4 rings (SSSR count). The molecule has 0 aliphatic carbocycles. The van der Waals surface area contributed by atoms with E-state index in [1.54, 1.807) is 11.3 Å². The number of ether oxygens (including phenoxy) is 1. The van der Waals surface area contributed by atoms with E-state index in [9.17, 15) is 9.59 Å². The topological polar surface area (TPSA) is 103 Å². The van der Waals surface area contributed by atoms with Gasteiger partial charge in [0, 0.05) is 23.4 Å². The average Bonchev–Trinajstić information content (AvgIpc) is 3.13. The second kappa shape index (κ2) is 6.10. The van der Waals surface area contributed by atoms with E-state index in [0.717, 1.165) is 20.8 Å². The van der Waals surface area contributed by atoms with E-state index >= 15 is 0 Å². The van der Waals surface area contributed by atoms with Gasteiger partial charge in [0.15, 0.2) is 0 Å². The van der Waals surface area contributed by atoms with Crippen molar-refractivity contribution in [2.24, 2.45) is 7.05 Å². The van der Waals surface area contributed by atoms with Gasteiger partial charge in [-0.3, -0.25) is 14.5 Å². The van der Waals surface area contributed by atoms with Crippen molar-refractivity contribution in [3.05, 3.63) is 49.0 Å². The summed E-state index contributed by atoms with van der Waals surface area (Å²) in [6, 6.07) is 3.34. The van der Waals surface area contributed by atoms with Gasteiger partial charge in [-0.05, 0) is 25.0 Å². The molecule has 4 aromatic heterocycles. The zero-order valence-electron chi connectivity index (χ0n) is 14.5. The molecule has 4 heterocycles. The minimum absolute atomic E-state index is 0.00974. The fraction of sp³-hybridized carbons (Fsp3) is 0.294. The summed E-state index contributed by atoms with van der Waals surface area (Å²) in [7, 11) is 1.90. The van der Waals surface area contributed by atoms with Gasteiger partial charge >= 0.3 is 5.63 Å². The average molecular weight is 372 g/mol. The highest BCUT2D eigenvalue weighted by Crippen LogP contribution is 2.28. The lowest BCUT2D eigenvalue weighted by Crippen LogP contribution is -2.15. The van der Waals surface area contributed by atoms with Crippen LogP contribution in [0, 0.1) is 6.92 Å². The molecule has 0 unspecified atom stereocenters. The molecule has 0 saturated carbocycles. The normalized spacial score (nSPS) is 11.5. The van der Waals surface area contributed by atoms with Crippen LogP contribution < -0.4 is 15.9 Å². The zero-order valence-corrected chi connectivity index (χ0v) is 15.3. The monoisotopic (exact) mass is 372 g/mol. The summed E-state index contributed by atoms with van der Waals surface area (Å²) in [6.45, 7) is 4.05. The number of rotatable bonds is 4. The zero-order chi connectivity index (χ0) is 18.4. The maximum atomic E-state index is 12.3. The van der Waals surface area contributed by atoms with Gasteiger partial charge in [-0.1, -0.05) is 6.92 Å². The predicted molar refractivity (Wildman–Crippen MR) is 97.9 cm³/mol. The Balaban J connectivity index is 1.67. The van der Waals surface area contributed by atoms with Gasteiger partial charge in [0.2, 0.25) is 5.71 Å². The van der Waals surface area contributed by atoms with Crippen molar-refractivity contribution in [3.8, 4) is 6.01 Å². The van der Waals surface area contributed by atoms with E-state index in [2.05, 4.69) is 15.1 Å². The third-order valence-electron chi connectivity index (χ3n) is 4.15. The lowest BCUT2D eigenvalue weighted by Gasteiger charge is -2.05. The molecule has 0 amide bonds. The quantitative estimate of drug-likeness (QED) is 0.589.